The summed E-state index contributed by atoms with van der Waals surface area (Å²) in [6.45, 7) is 0.949. The van der Waals surface area contributed by atoms with E-state index in [1.165, 1.54) is 15.5 Å². The van der Waals surface area contributed by atoms with Crippen molar-refractivity contribution in [2.24, 2.45) is 7.05 Å². The van der Waals surface area contributed by atoms with Gasteiger partial charge in [-0.1, -0.05) is 0 Å². The van der Waals surface area contributed by atoms with Gasteiger partial charge in [0.2, 0.25) is 5.95 Å². The molecule has 25 heavy (non-hydrogen) atoms. The normalized spacial score (nSPS) is 17.4. The van der Waals surface area contributed by atoms with Gasteiger partial charge in [0, 0.05) is 57.3 Å². The number of likely N-dealkylation sites (tertiary alicyclic amines) is 1. The van der Waals surface area contributed by atoms with Crippen LogP contribution in [0.2, 0.25) is 0 Å². The number of anilines is 1. The fourth-order valence-corrected chi connectivity index (χ4v) is 3.12. The van der Waals surface area contributed by atoms with Crippen molar-refractivity contribution in [3.8, 4) is 11.3 Å². The number of carbonyl (C=O) groups is 1. The van der Waals surface area contributed by atoms with Gasteiger partial charge in [-0.25, -0.2) is 9.78 Å². The Morgan fingerprint density at radius 3 is 2.76 bits per heavy atom. The predicted octanol–water partition coefficient (Wildman–Crippen LogP) is 1.42. The molecule has 1 fully saturated rings. The Hall–Kier alpha value is -2.90. The molecule has 3 rings (SSSR count). The third kappa shape index (κ3) is 3.47. The second kappa shape index (κ2) is 6.92. The quantitative estimate of drug-likeness (QED) is 0.906. The first-order valence-electron chi connectivity index (χ1n) is 8.16. The molecule has 0 unspecified atom stereocenters. The summed E-state index contributed by atoms with van der Waals surface area (Å²) in [6.07, 6.45) is 4.05. The van der Waals surface area contributed by atoms with Crippen LogP contribution in [0.1, 0.15) is 12.8 Å². The van der Waals surface area contributed by atoms with Crippen molar-refractivity contribution in [3.05, 3.63) is 40.9 Å². The highest BCUT2D eigenvalue weighted by atomic mass is 16.4. The number of aromatic nitrogens is 3. The van der Waals surface area contributed by atoms with Crippen LogP contribution in [0, 0.1) is 0 Å². The molecule has 0 aliphatic carbocycles. The average molecular weight is 343 g/mol. The molecule has 132 valence electrons. The molecule has 1 atom stereocenters. The Kier molecular flexibility index (Phi) is 4.69. The standard InChI is InChI=1S/C17H21N5O3/c1-20(13-4-3-9-22(11-13)17(24)25)16-19-14(10-15(23)21(16)2)12-5-7-18-8-6-12/h5-8,10,13H,3-4,9,11H2,1-2H3,(H,24,25)/t13-/m1/s1. The molecule has 0 aromatic carbocycles. The van der Waals surface area contributed by atoms with Gasteiger partial charge < -0.3 is 14.9 Å². The first kappa shape index (κ1) is 16.9. The molecule has 0 saturated carbocycles. The van der Waals surface area contributed by atoms with Crippen molar-refractivity contribution < 1.29 is 9.90 Å². The Balaban J connectivity index is 1.94. The van der Waals surface area contributed by atoms with E-state index in [0.717, 1.165) is 18.4 Å². The maximum Gasteiger partial charge on any atom is 0.407 e. The molecule has 0 bridgehead atoms. The SMILES string of the molecule is CN(c1nc(-c2ccncc2)cc(=O)n1C)[C@@H]1CCCN(C(=O)O)C1. The minimum atomic E-state index is -0.912. The Morgan fingerprint density at radius 2 is 2.08 bits per heavy atom. The second-order valence-electron chi connectivity index (χ2n) is 6.21. The number of amides is 1. The van der Waals surface area contributed by atoms with Gasteiger partial charge in [0.25, 0.3) is 5.56 Å². The Bertz CT molecular complexity index is 821. The lowest BCUT2D eigenvalue weighted by atomic mass is 10.1. The maximum atomic E-state index is 12.4. The number of carboxylic acid groups (broad SMARTS) is 1. The minimum Gasteiger partial charge on any atom is -0.465 e. The number of pyridine rings is 1. The molecule has 1 amide bonds. The number of piperidine rings is 1. The lowest BCUT2D eigenvalue weighted by molar-refractivity contribution is 0.130. The van der Waals surface area contributed by atoms with Crippen molar-refractivity contribution in [1.29, 1.82) is 0 Å². The summed E-state index contributed by atoms with van der Waals surface area (Å²) in [5.41, 5.74) is 1.24. The fraction of sp³-hybridized carbons (Fsp3) is 0.412. The summed E-state index contributed by atoms with van der Waals surface area (Å²) in [5.74, 6) is 0.525. The summed E-state index contributed by atoms with van der Waals surface area (Å²) in [6, 6.07) is 5.09. The Morgan fingerprint density at radius 1 is 1.36 bits per heavy atom. The van der Waals surface area contributed by atoms with Crippen LogP contribution in [0.4, 0.5) is 10.7 Å². The topological polar surface area (TPSA) is 91.6 Å². The van der Waals surface area contributed by atoms with E-state index in [4.69, 9.17) is 0 Å². The molecule has 1 aliphatic rings. The lowest BCUT2D eigenvalue weighted by Crippen LogP contribution is -2.49. The van der Waals surface area contributed by atoms with E-state index in [0.29, 0.717) is 24.7 Å². The van der Waals surface area contributed by atoms with Crippen LogP contribution >= 0.6 is 0 Å². The molecule has 1 N–H and O–H groups in total. The maximum absolute atomic E-state index is 12.4. The van der Waals surface area contributed by atoms with E-state index < -0.39 is 6.09 Å². The third-order valence-corrected chi connectivity index (χ3v) is 4.62. The van der Waals surface area contributed by atoms with Gasteiger partial charge in [0.1, 0.15) is 0 Å². The highest BCUT2D eigenvalue weighted by Crippen LogP contribution is 2.22. The zero-order valence-electron chi connectivity index (χ0n) is 14.3. The molecule has 3 heterocycles. The molecule has 1 saturated heterocycles. The summed E-state index contributed by atoms with van der Waals surface area (Å²) >= 11 is 0. The smallest absolute Gasteiger partial charge is 0.407 e. The van der Waals surface area contributed by atoms with Gasteiger partial charge in [-0.15, -0.1) is 0 Å². The summed E-state index contributed by atoms with van der Waals surface area (Å²) in [5, 5.41) is 9.23. The summed E-state index contributed by atoms with van der Waals surface area (Å²) < 4.78 is 1.49. The molecule has 2 aromatic rings. The van der Waals surface area contributed by atoms with E-state index in [2.05, 4.69) is 9.97 Å². The minimum absolute atomic E-state index is 0.0179. The van der Waals surface area contributed by atoms with Crippen LogP contribution in [0.3, 0.4) is 0 Å². The van der Waals surface area contributed by atoms with Gasteiger partial charge in [0.05, 0.1) is 5.69 Å². The average Bonchev–Trinajstić information content (AvgIpc) is 2.64. The second-order valence-corrected chi connectivity index (χ2v) is 6.21. The molecule has 2 aromatic heterocycles. The number of likely N-dealkylation sites (N-methyl/N-ethyl adjacent to an activating group) is 1. The van der Waals surface area contributed by atoms with Crippen molar-refractivity contribution >= 4 is 12.0 Å². The third-order valence-electron chi connectivity index (χ3n) is 4.62. The highest BCUT2D eigenvalue weighted by Gasteiger charge is 2.28. The first-order chi connectivity index (χ1) is 12.0. The zero-order chi connectivity index (χ0) is 18.0. The number of nitrogens with zero attached hydrogens (tertiary/aromatic N) is 5. The van der Waals surface area contributed by atoms with Crippen LogP contribution in [0.15, 0.2) is 35.4 Å². The monoisotopic (exact) mass is 343 g/mol. The summed E-state index contributed by atoms with van der Waals surface area (Å²) in [7, 11) is 3.53. The van der Waals surface area contributed by atoms with Crippen molar-refractivity contribution in [1.82, 2.24) is 19.4 Å². The molecular formula is C17H21N5O3. The Labute approximate surface area is 145 Å². The number of hydrogen-bond acceptors (Lipinski definition) is 5. The molecule has 8 nitrogen and oxygen atoms in total. The van der Waals surface area contributed by atoms with Gasteiger partial charge >= 0.3 is 6.09 Å². The summed E-state index contributed by atoms with van der Waals surface area (Å²) in [4.78, 5) is 35.6. The van der Waals surface area contributed by atoms with Crippen molar-refractivity contribution in [2.75, 3.05) is 25.0 Å². The van der Waals surface area contributed by atoms with Gasteiger partial charge in [0.15, 0.2) is 0 Å². The molecule has 0 spiro atoms. The molecule has 0 radical (unpaired) electrons. The van der Waals surface area contributed by atoms with E-state index in [-0.39, 0.29) is 11.6 Å². The van der Waals surface area contributed by atoms with Crippen molar-refractivity contribution in [2.45, 2.75) is 18.9 Å². The van der Waals surface area contributed by atoms with Gasteiger partial charge in [-0.2, -0.15) is 0 Å². The van der Waals surface area contributed by atoms with Crippen LogP contribution in [-0.2, 0) is 7.05 Å². The lowest BCUT2D eigenvalue weighted by Gasteiger charge is -2.37. The molecular weight excluding hydrogens is 322 g/mol. The van der Waals surface area contributed by atoms with E-state index in [1.54, 1.807) is 31.6 Å². The largest absolute Gasteiger partial charge is 0.465 e. The van der Waals surface area contributed by atoms with Gasteiger partial charge in [-0.05, 0) is 25.0 Å². The van der Waals surface area contributed by atoms with E-state index in [9.17, 15) is 14.7 Å². The van der Waals surface area contributed by atoms with Crippen LogP contribution in [-0.4, -0.2) is 56.8 Å². The van der Waals surface area contributed by atoms with Gasteiger partial charge in [-0.3, -0.25) is 14.3 Å². The van der Waals surface area contributed by atoms with Crippen molar-refractivity contribution in [3.63, 3.8) is 0 Å². The first-order valence-corrected chi connectivity index (χ1v) is 8.16. The van der Waals surface area contributed by atoms with E-state index in [1.807, 2.05) is 11.9 Å². The molecule has 1 aliphatic heterocycles. The van der Waals surface area contributed by atoms with E-state index >= 15 is 0 Å². The predicted molar refractivity (Wildman–Crippen MR) is 93.7 cm³/mol. The fourth-order valence-electron chi connectivity index (χ4n) is 3.12. The number of rotatable bonds is 3. The zero-order valence-corrected chi connectivity index (χ0v) is 14.3. The number of hydrogen-bond donors (Lipinski definition) is 1. The van der Waals surface area contributed by atoms with Crippen LogP contribution in [0.25, 0.3) is 11.3 Å². The van der Waals surface area contributed by atoms with Crippen LogP contribution < -0.4 is 10.5 Å². The molecule has 8 heteroatoms. The van der Waals surface area contributed by atoms with Crippen LogP contribution in [0.5, 0.6) is 0 Å². The highest BCUT2D eigenvalue weighted by molar-refractivity contribution is 5.65.